The van der Waals surface area contributed by atoms with Gasteiger partial charge in [0, 0.05) is 5.56 Å². The topological polar surface area (TPSA) is 67.4 Å². The summed E-state index contributed by atoms with van der Waals surface area (Å²) >= 11 is 0. The van der Waals surface area contributed by atoms with Crippen molar-refractivity contribution >= 4 is 28.8 Å². The third-order valence-corrected chi connectivity index (χ3v) is 4.15. The number of nitrogens with one attached hydrogen (secondary N) is 2. The zero-order valence-electron chi connectivity index (χ0n) is 13.9. The Morgan fingerprint density at radius 3 is 2.42 bits per heavy atom. The summed E-state index contributed by atoms with van der Waals surface area (Å²) in [5.74, 6) is 0.196. The molecule has 1 fully saturated rings. The van der Waals surface area contributed by atoms with E-state index in [4.69, 9.17) is 4.74 Å². The van der Waals surface area contributed by atoms with Gasteiger partial charge in [0.2, 0.25) is 0 Å². The van der Waals surface area contributed by atoms with Crippen LogP contribution in [0.15, 0.2) is 72.4 Å². The Morgan fingerprint density at radius 2 is 1.62 bits per heavy atom. The van der Waals surface area contributed by atoms with Gasteiger partial charge in [0.25, 0.3) is 5.91 Å². The third-order valence-electron chi connectivity index (χ3n) is 4.15. The van der Waals surface area contributed by atoms with E-state index in [9.17, 15) is 9.59 Å². The zero-order valence-corrected chi connectivity index (χ0v) is 13.9. The number of para-hydroxylation sites is 1. The van der Waals surface area contributed by atoms with E-state index in [0.29, 0.717) is 12.4 Å². The summed E-state index contributed by atoms with van der Waals surface area (Å²) in [4.78, 5) is 22.9. The van der Waals surface area contributed by atoms with Gasteiger partial charge in [-0.1, -0.05) is 54.6 Å². The van der Waals surface area contributed by atoms with Gasteiger partial charge in [-0.2, -0.15) is 0 Å². The number of hydrogen-bond donors (Lipinski definition) is 2. The van der Waals surface area contributed by atoms with Gasteiger partial charge in [-0.05, 0) is 34.5 Å². The molecule has 128 valence electrons. The van der Waals surface area contributed by atoms with E-state index in [1.165, 1.54) is 5.39 Å². The van der Waals surface area contributed by atoms with E-state index in [2.05, 4.69) is 34.9 Å². The Kier molecular flexibility index (Phi) is 4.11. The monoisotopic (exact) mass is 344 g/mol. The number of urea groups is 1. The summed E-state index contributed by atoms with van der Waals surface area (Å²) in [5, 5.41) is 7.01. The van der Waals surface area contributed by atoms with Crippen molar-refractivity contribution in [3.63, 3.8) is 0 Å². The minimum absolute atomic E-state index is 0.205. The molecule has 5 heteroatoms. The smallest absolute Gasteiger partial charge is 0.326 e. The van der Waals surface area contributed by atoms with E-state index in [1.807, 2.05) is 42.5 Å². The number of hydrogen-bond acceptors (Lipinski definition) is 3. The molecule has 3 aromatic carbocycles. The van der Waals surface area contributed by atoms with Crippen molar-refractivity contribution < 1.29 is 14.3 Å². The largest absolute Gasteiger partial charge is 0.488 e. The quantitative estimate of drug-likeness (QED) is 0.561. The van der Waals surface area contributed by atoms with Crippen LogP contribution in [0.2, 0.25) is 0 Å². The van der Waals surface area contributed by atoms with Crippen LogP contribution in [0, 0.1) is 0 Å². The maximum atomic E-state index is 11.7. The summed E-state index contributed by atoms with van der Waals surface area (Å²) in [6.45, 7) is 0.406. The second kappa shape index (κ2) is 6.72. The van der Waals surface area contributed by atoms with E-state index >= 15 is 0 Å². The van der Waals surface area contributed by atoms with Gasteiger partial charge in [0.1, 0.15) is 18.1 Å². The van der Waals surface area contributed by atoms with Crippen LogP contribution in [-0.2, 0) is 11.4 Å². The first kappa shape index (κ1) is 15.9. The molecule has 0 radical (unpaired) electrons. The van der Waals surface area contributed by atoms with E-state index in [-0.39, 0.29) is 5.70 Å². The predicted octanol–water partition coefficient (Wildman–Crippen LogP) is 3.60. The van der Waals surface area contributed by atoms with Crippen LogP contribution < -0.4 is 15.4 Å². The van der Waals surface area contributed by atoms with Gasteiger partial charge in [-0.3, -0.25) is 10.1 Å². The van der Waals surface area contributed by atoms with Crippen molar-refractivity contribution in [2.45, 2.75) is 6.61 Å². The Hall–Kier alpha value is -3.60. The Labute approximate surface area is 150 Å². The standard InChI is InChI=1S/C21H16N2O3/c24-20-18(22-21(25)23-20)12-17-7-3-4-8-19(17)26-13-14-9-10-15-5-1-2-6-16(15)11-14/h1-12H,13H2,(H2,22,23,24,25)/b18-12+. The maximum absolute atomic E-state index is 11.7. The van der Waals surface area contributed by atoms with Crippen molar-refractivity contribution in [3.8, 4) is 5.75 Å². The van der Waals surface area contributed by atoms with Gasteiger partial charge in [0.05, 0.1) is 0 Å². The van der Waals surface area contributed by atoms with Crippen molar-refractivity contribution in [1.29, 1.82) is 0 Å². The number of imide groups is 1. The summed E-state index contributed by atoms with van der Waals surface area (Å²) in [6, 6.07) is 21.2. The maximum Gasteiger partial charge on any atom is 0.326 e. The van der Waals surface area contributed by atoms with Gasteiger partial charge in [-0.25, -0.2) is 4.79 Å². The number of carbonyl (C=O) groups is 2. The lowest BCUT2D eigenvalue weighted by Crippen LogP contribution is -2.22. The van der Waals surface area contributed by atoms with Crippen molar-refractivity contribution in [3.05, 3.63) is 83.6 Å². The molecule has 5 nitrogen and oxygen atoms in total. The average Bonchev–Trinajstić information content (AvgIpc) is 2.98. The van der Waals surface area contributed by atoms with Gasteiger partial charge in [0.15, 0.2) is 0 Å². The van der Waals surface area contributed by atoms with Crippen LogP contribution in [0.5, 0.6) is 5.75 Å². The van der Waals surface area contributed by atoms with Crippen LogP contribution in [0.4, 0.5) is 4.79 Å². The summed E-state index contributed by atoms with van der Waals surface area (Å²) in [7, 11) is 0. The molecule has 0 spiro atoms. The fraction of sp³-hybridized carbons (Fsp3) is 0.0476. The molecule has 0 bridgehead atoms. The minimum atomic E-state index is -0.518. The fourth-order valence-corrected chi connectivity index (χ4v) is 2.86. The molecule has 1 aliphatic rings. The molecule has 0 atom stereocenters. The molecule has 3 aromatic rings. The highest BCUT2D eigenvalue weighted by Crippen LogP contribution is 2.23. The molecule has 3 amide bonds. The molecule has 4 rings (SSSR count). The first-order valence-electron chi connectivity index (χ1n) is 8.22. The molecule has 1 heterocycles. The Bertz CT molecular complexity index is 1040. The molecule has 1 saturated heterocycles. The van der Waals surface area contributed by atoms with E-state index < -0.39 is 11.9 Å². The third kappa shape index (κ3) is 3.28. The zero-order chi connectivity index (χ0) is 17.9. The molecular formula is C21H16N2O3. The highest BCUT2D eigenvalue weighted by atomic mass is 16.5. The lowest BCUT2D eigenvalue weighted by molar-refractivity contribution is -0.115. The normalized spacial score (nSPS) is 15.2. The van der Waals surface area contributed by atoms with E-state index in [0.717, 1.165) is 16.5 Å². The van der Waals surface area contributed by atoms with Crippen LogP contribution >= 0.6 is 0 Å². The highest BCUT2D eigenvalue weighted by molar-refractivity contribution is 6.14. The van der Waals surface area contributed by atoms with Crippen molar-refractivity contribution in [2.24, 2.45) is 0 Å². The van der Waals surface area contributed by atoms with Gasteiger partial charge < -0.3 is 10.1 Å². The molecule has 0 aliphatic carbocycles. The summed E-state index contributed by atoms with van der Waals surface area (Å²) < 4.78 is 5.96. The number of fused-ring (bicyclic) bond motifs is 1. The highest BCUT2D eigenvalue weighted by Gasteiger charge is 2.23. The first-order chi connectivity index (χ1) is 12.7. The van der Waals surface area contributed by atoms with Crippen molar-refractivity contribution in [1.82, 2.24) is 10.6 Å². The lowest BCUT2D eigenvalue weighted by Gasteiger charge is -2.10. The average molecular weight is 344 g/mol. The Morgan fingerprint density at radius 1 is 0.846 bits per heavy atom. The molecule has 2 N–H and O–H groups in total. The van der Waals surface area contributed by atoms with Crippen LogP contribution in [0.25, 0.3) is 16.8 Å². The van der Waals surface area contributed by atoms with Gasteiger partial charge >= 0.3 is 6.03 Å². The fourth-order valence-electron chi connectivity index (χ4n) is 2.86. The number of ether oxygens (including phenoxy) is 1. The molecule has 0 unspecified atom stereocenters. The molecule has 26 heavy (non-hydrogen) atoms. The summed E-state index contributed by atoms with van der Waals surface area (Å²) in [5.41, 5.74) is 1.98. The second-order valence-electron chi connectivity index (χ2n) is 5.97. The predicted molar refractivity (Wildman–Crippen MR) is 99.4 cm³/mol. The molecular weight excluding hydrogens is 328 g/mol. The van der Waals surface area contributed by atoms with Gasteiger partial charge in [-0.15, -0.1) is 0 Å². The summed E-state index contributed by atoms with van der Waals surface area (Å²) in [6.07, 6.45) is 1.61. The van der Waals surface area contributed by atoms with E-state index in [1.54, 1.807) is 6.08 Å². The van der Waals surface area contributed by atoms with Crippen LogP contribution in [0.1, 0.15) is 11.1 Å². The van der Waals surface area contributed by atoms with Crippen LogP contribution in [0.3, 0.4) is 0 Å². The number of carbonyl (C=O) groups excluding carboxylic acids is 2. The Balaban J connectivity index is 1.56. The second-order valence-corrected chi connectivity index (χ2v) is 5.97. The first-order valence-corrected chi connectivity index (χ1v) is 8.22. The van der Waals surface area contributed by atoms with Crippen LogP contribution in [-0.4, -0.2) is 11.9 Å². The lowest BCUT2D eigenvalue weighted by atomic mass is 10.1. The number of benzene rings is 3. The SMILES string of the molecule is O=C1NC(=O)/C(=C\c2ccccc2OCc2ccc3ccccc3c2)N1. The minimum Gasteiger partial charge on any atom is -0.488 e. The molecule has 1 aliphatic heterocycles. The number of amides is 3. The number of rotatable bonds is 4. The van der Waals surface area contributed by atoms with Crippen molar-refractivity contribution in [2.75, 3.05) is 0 Å². The molecule has 0 aromatic heterocycles. The molecule has 0 saturated carbocycles.